The van der Waals surface area contributed by atoms with Gasteiger partial charge in [0.25, 0.3) is 0 Å². The Morgan fingerprint density at radius 1 is 0.868 bits per heavy atom. The second-order valence-electron chi connectivity index (χ2n) is 8.75. The molecule has 0 radical (unpaired) electrons. The molecule has 1 unspecified atom stereocenters. The van der Waals surface area contributed by atoms with Crippen LogP contribution < -0.4 is 5.32 Å². The Kier molecular flexibility index (Phi) is 17.9. The fraction of sp³-hybridized carbons (Fsp3) is 0.448. The zero-order valence-electron chi connectivity index (χ0n) is 21.8. The van der Waals surface area contributed by atoms with Crippen molar-refractivity contribution >= 4 is 11.9 Å². The van der Waals surface area contributed by atoms with Gasteiger partial charge in [0.1, 0.15) is 5.75 Å². The molecule has 9 heteroatoms. The number of hydrogen-bond donors (Lipinski definition) is 6. The van der Waals surface area contributed by atoms with Crippen molar-refractivity contribution in [1.29, 1.82) is 0 Å². The maximum atomic E-state index is 10.2. The molecule has 0 fully saturated rings. The van der Waals surface area contributed by atoms with Crippen LogP contribution in [0.5, 0.6) is 5.75 Å². The van der Waals surface area contributed by atoms with Crippen molar-refractivity contribution in [3.05, 3.63) is 77.4 Å². The molecule has 0 saturated carbocycles. The van der Waals surface area contributed by atoms with Gasteiger partial charge in [-0.05, 0) is 61.9 Å². The fourth-order valence-corrected chi connectivity index (χ4v) is 3.53. The molecule has 9 nitrogen and oxygen atoms in total. The van der Waals surface area contributed by atoms with Gasteiger partial charge in [-0.15, -0.1) is 0 Å². The minimum absolute atomic E-state index is 0.0533. The predicted molar refractivity (Wildman–Crippen MR) is 145 cm³/mol. The van der Waals surface area contributed by atoms with E-state index in [0.29, 0.717) is 29.8 Å². The average molecular weight is 532 g/mol. The van der Waals surface area contributed by atoms with Crippen LogP contribution in [0.25, 0.3) is 0 Å². The summed E-state index contributed by atoms with van der Waals surface area (Å²) in [7, 11) is 0. The number of aliphatic hydroxyl groups is 2. The lowest BCUT2D eigenvalue weighted by Gasteiger charge is -2.14. The van der Waals surface area contributed by atoms with Crippen LogP contribution in [0.15, 0.2) is 60.7 Å². The minimum Gasteiger partial charge on any atom is -0.508 e. The third-order valence-corrected chi connectivity index (χ3v) is 5.60. The molecule has 0 aromatic heterocycles. The second kappa shape index (κ2) is 20.8. The number of rotatable bonds is 18. The first kappa shape index (κ1) is 32.8. The van der Waals surface area contributed by atoms with E-state index in [0.717, 1.165) is 58.3 Å². The van der Waals surface area contributed by atoms with E-state index in [-0.39, 0.29) is 12.4 Å². The molecule has 0 amide bonds. The van der Waals surface area contributed by atoms with Crippen LogP contribution in [0.3, 0.4) is 0 Å². The first-order chi connectivity index (χ1) is 18.3. The summed E-state index contributed by atoms with van der Waals surface area (Å²) in [4.78, 5) is 19.1. The number of aromatic hydroxyl groups is 1. The maximum absolute atomic E-state index is 10.2. The SMILES string of the molecule is O=C(O)/C=C/C(=O)O.OCc1cc(C(O)CNCCCCCCOCCCCc2ccccc2)ccc1O. The molecular weight excluding hydrogens is 490 g/mol. The van der Waals surface area contributed by atoms with Gasteiger partial charge in [0.15, 0.2) is 0 Å². The second-order valence-corrected chi connectivity index (χ2v) is 8.75. The van der Waals surface area contributed by atoms with Crippen molar-refractivity contribution in [3.8, 4) is 5.75 Å². The van der Waals surface area contributed by atoms with Gasteiger partial charge in [-0.2, -0.15) is 0 Å². The molecule has 2 aromatic carbocycles. The lowest BCUT2D eigenvalue weighted by molar-refractivity contribution is -0.134. The number of aliphatic hydroxyl groups excluding tert-OH is 2. The van der Waals surface area contributed by atoms with Crippen molar-refractivity contribution in [2.75, 3.05) is 26.3 Å². The zero-order chi connectivity index (χ0) is 28.0. The Morgan fingerprint density at radius 2 is 1.50 bits per heavy atom. The predicted octanol–water partition coefficient (Wildman–Crippen LogP) is 3.82. The maximum Gasteiger partial charge on any atom is 0.328 e. The summed E-state index contributed by atoms with van der Waals surface area (Å²) in [6.07, 6.45) is 8.35. The van der Waals surface area contributed by atoms with Crippen molar-refractivity contribution in [2.45, 2.75) is 57.7 Å². The lowest BCUT2D eigenvalue weighted by atomic mass is 10.1. The third-order valence-electron chi connectivity index (χ3n) is 5.60. The average Bonchev–Trinajstić information content (AvgIpc) is 2.91. The molecule has 0 bridgehead atoms. The molecule has 210 valence electrons. The van der Waals surface area contributed by atoms with E-state index >= 15 is 0 Å². The monoisotopic (exact) mass is 531 g/mol. The molecule has 0 aliphatic heterocycles. The van der Waals surface area contributed by atoms with Gasteiger partial charge in [-0.25, -0.2) is 9.59 Å². The van der Waals surface area contributed by atoms with Crippen molar-refractivity contribution < 1.29 is 39.9 Å². The third kappa shape index (κ3) is 16.5. The van der Waals surface area contributed by atoms with Gasteiger partial charge in [0, 0.05) is 37.5 Å². The van der Waals surface area contributed by atoms with Gasteiger partial charge in [-0.3, -0.25) is 0 Å². The van der Waals surface area contributed by atoms with E-state index in [9.17, 15) is 24.9 Å². The highest BCUT2D eigenvalue weighted by molar-refractivity contribution is 5.89. The van der Waals surface area contributed by atoms with Gasteiger partial charge < -0.3 is 35.6 Å². The summed E-state index contributed by atoms with van der Waals surface area (Å²) < 4.78 is 5.72. The Labute approximate surface area is 224 Å². The van der Waals surface area contributed by atoms with Crippen LogP contribution in [0.1, 0.15) is 61.3 Å². The van der Waals surface area contributed by atoms with Gasteiger partial charge in [-0.1, -0.05) is 49.2 Å². The summed E-state index contributed by atoms with van der Waals surface area (Å²) in [6, 6.07) is 15.4. The topological polar surface area (TPSA) is 157 Å². The van der Waals surface area contributed by atoms with E-state index in [4.69, 9.17) is 14.9 Å². The molecule has 2 rings (SSSR count). The van der Waals surface area contributed by atoms with Crippen molar-refractivity contribution in [1.82, 2.24) is 5.32 Å². The molecule has 0 aliphatic rings. The smallest absolute Gasteiger partial charge is 0.328 e. The summed E-state index contributed by atoms with van der Waals surface area (Å²) in [5.41, 5.74) is 2.53. The summed E-state index contributed by atoms with van der Waals surface area (Å²) in [5.74, 6) is -2.46. The van der Waals surface area contributed by atoms with Crippen LogP contribution in [-0.2, 0) is 27.4 Å². The highest BCUT2D eigenvalue weighted by Gasteiger charge is 2.09. The van der Waals surface area contributed by atoms with Crippen molar-refractivity contribution in [3.63, 3.8) is 0 Å². The van der Waals surface area contributed by atoms with Crippen LogP contribution in [0.4, 0.5) is 0 Å². The quantitative estimate of drug-likeness (QED) is 0.124. The number of aliphatic carboxylic acids is 2. The van der Waals surface area contributed by atoms with Crippen molar-refractivity contribution in [2.24, 2.45) is 0 Å². The highest BCUT2D eigenvalue weighted by Crippen LogP contribution is 2.22. The van der Waals surface area contributed by atoms with Crippen LogP contribution >= 0.6 is 0 Å². The lowest BCUT2D eigenvalue weighted by Crippen LogP contribution is -2.22. The number of hydrogen-bond acceptors (Lipinski definition) is 7. The largest absolute Gasteiger partial charge is 0.508 e. The highest BCUT2D eigenvalue weighted by atomic mass is 16.5. The summed E-state index contributed by atoms with van der Waals surface area (Å²) in [5, 5.41) is 47.9. The first-order valence-corrected chi connectivity index (χ1v) is 12.9. The number of nitrogens with one attached hydrogen (secondary N) is 1. The molecule has 0 heterocycles. The number of unbranched alkanes of at least 4 members (excludes halogenated alkanes) is 4. The zero-order valence-corrected chi connectivity index (χ0v) is 21.8. The van der Waals surface area contributed by atoms with Gasteiger partial charge in [0.05, 0.1) is 12.7 Å². The summed E-state index contributed by atoms with van der Waals surface area (Å²) in [6.45, 7) is 2.77. The fourth-order valence-electron chi connectivity index (χ4n) is 3.53. The number of phenols is 1. The molecule has 1 atom stereocenters. The Morgan fingerprint density at radius 3 is 2.13 bits per heavy atom. The first-order valence-electron chi connectivity index (χ1n) is 12.9. The number of carboxylic acids is 2. The number of ether oxygens (including phenoxy) is 1. The van der Waals surface area contributed by atoms with Crippen LogP contribution in [-0.4, -0.2) is 63.8 Å². The Bertz CT molecular complexity index is 933. The minimum atomic E-state index is -1.26. The normalized spacial score (nSPS) is 11.6. The Hall–Kier alpha value is -3.24. The molecule has 6 N–H and O–H groups in total. The number of carbonyl (C=O) groups is 2. The molecule has 0 spiro atoms. The summed E-state index contributed by atoms with van der Waals surface area (Å²) >= 11 is 0. The molecule has 2 aromatic rings. The van der Waals surface area contributed by atoms with Gasteiger partial charge >= 0.3 is 11.9 Å². The van der Waals surface area contributed by atoms with Crippen LogP contribution in [0, 0.1) is 0 Å². The molecule has 0 saturated heterocycles. The van der Waals surface area contributed by atoms with Crippen LogP contribution in [0.2, 0.25) is 0 Å². The standard InChI is InChI=1S/C25H37NO4.C4H4O4/c27-20-23-18-22(13-14-24(23)28)25(29)19-26-15-7-1-2-8-16-30-17-9-6-12-21-10-4-3-5-11-21;5-3(6)1-2-4(7)8/h3-5,10-11,13-14,18,25-29H,1-2,6-9,12,15-17,19-20H2;1-2H,(H,5,6)(H,7,8)/b;2-1+. The Balaban J connectivity index is 0.000000781. The van der Waals surface area contributed by atoms with E-state index in [2.05, 4.69) is 35.6 Å². The number of benzene rings is 2. The van der Waals surface area contributed by atoms with E-state index in [1.54, 1.807) is 12.1 Å². The number of aryl methyl sites for hydroxylation is 1. The van der Waals surface area contributed by atoms with E-state index < -0.39 is 18.0 Å². The number of carboxylic acid groups (broad SMARTS) is 2. The molecule has 0 aliphatic carbocycles. The van der Waals surface area contributed by atoms with Gasteiger partial charge in [0.2, 0.25) is 0 Å². The molecular formula is C29H41NO8. The molecule has 38 heavy (non-hydrogen) atoms. The van der Waals surface area contributed by atoms with E-state index in [1.807, 2.05) is 0 Å². The van der Waals surface area contributed by atoms with E-state index in [1.165, 1.54) is 18.1 Å².